The van der Waals surface area contributed by atoms with E-state index < -0.39 is 0 Å². The molecule has 4 heteroatoms. The van der Waals surface area contributed by atoms with E-state index >= 15 is 0 Å². The fourth-order valence-corrected chi connectivity index (χ4v) is 2.36. The quantitative estimate of drug-likeness (QED) is 0.591. The molecule has 0 aliphatic rings. The summed E-state index contributed by atoms with van der Waals surface area (Å²) in [5.74, 6) is -0.355. The summed E-state index contributed by atoms with van der Waals surface area (Å²) in [5.41, 5.74) is 9.90. The van der Waals surface area contributed by atoms with Gasteiger partial charge in [0.25, 0.3) is 0 Å². The lowest BCUT2D eigenvalue weighted by Crippen LogP contribution is -2.04. The molecule has 2 aromatic carbocycles. The monoisotopic (exact) mass is 292 g/mol. The number of carbonyl (C=O) groups is 1. The molecule has 2 N–H and O–H groups in total. The van der Waals surface area contributed by atoms with E-state index in [1.54, 1.807) is 19.2 Å². The summed E-state index contributed by atoms with van der Waals surface area (Å²) in [5, 5.41) is 0.894. The largest absolute Gasteiger partial charge is 0.462 e. The van der Waals surface area contributed by atoms with Crippen LogP contribution >= 0.6 is 0 Å². The van der Waals surface area contributed by atoms with Gasteiger partial charge in [-0.15, -0.1) is 0 Å². The Morgan fingerprint density at radius 1 is 1.14 bits per heavy atom. The number of carbonyl (C=O) groups excluding carboxylic acids is 1. The van der Waals surface area contributed by atoms with Crippen LogP contribution in [0.15, 0.2) is 54.7 Å². The molecule has 0 amide bonds. The molecular formula is C18H16N2O2. The first kappa shape index (κ1) is 14.1. The molecule has 0 aliphatic carbocycles. The Hall–Kier alpha value is -2.88. The van der Waals surface area contributed by atoms with E-state index in [0.717, 1.165) is 27.7 Å². The average Bonchev–Trinajstić information content (AvgIpc) is 2.54. The summed E-state index contributed by atoms with van der Waals surface area (Å²) < 4.78 is 5.01. The molecule has 0 radical (unpaired) electrons. The number of benzene rings is 2. The molecule has 0 unspecified atom stereocenters. The molecule has 0 bridgehead atoms. The van der Waals surface area contributed by atoms with E-state index in [4.69, 9.17) is 10.5 Å². The lowest BCUT2D eigenvalue weighted by Gasteiger charge is -2.06. The van der Waals surface area contributed by atoms with Crippen molar-refractivity contribution in [3.05, 3.63) is 60.3 Å². The van der Waals surface area contributed by atoms with E-state index in [-0.39, 0.29) is 5.97 Å². The normalized spacial score (nSPS) is 10.6. The van der Waals surface area contributed by atoms with Gasteiger partial charge in [-0.25, -0.2) is 4.79 Å². The second-order valence-electron chi connectivity index (χ2n) is 4.98. The molecule has 22 heavy (non-hydrogen) atoms. The maximum Gasteiger partial charge on any atom is 0.339 e. The first-order chi connectivity index (χ1) is 10.7. The van der Waals surface area contributed by atoms with Crippen molar-refractivity contribution in [3.8, 4) is 11.1 Å². The van der Waals surface area contributed by atoms with Crippen molar-refractivity contribution < 1.29 is 9.53 Å². The molecule has 4 nitrogen and oxygen atoms in total. The van der Waals surface area contributed by atoms with Crippen LogP contribution in [0.25, 0.3) is 22.0 Å². The summed E-state index contributed by atoms with van der Waals surface area (Å²) >= 11 is 0. The zero-order valence-electron chi connectivity index (χ0n) is 12.2. The average molecular weight is 292 g/mol. The molecule has 0 saturated carbocycles. The maximum atomic E-state index is 11.8. The number of nitrogens with zero attached hydrogens (tertiary/aromatic N) is 1. The van der Waals surface area contributed by atoms with Gasteiger partial charge in [-0.3, -0.25) is 4.98 Å². The number of hydrogen-bond donors (Lipinski definition) is 1. The smallest absolute Gasteiger partial charge is 0.339 e. The molecule has 0 spiro atoms. The zero-order chi connectivity index (χ0) is 15.5. The number of nitrogens with two attached hydrogens (primary N) is 1. The van der Waals surface area contributed by atoms with Gasteiger partial charge in [0.1, 0.15) is 0 Å². The number of ether oxygens (including phenoxy) is 1. The van der Waals surface area contributed by atoms with Gasteiger partial charge < -0.3 is 10.5 Å². The molecule has 0 atom stereocenters. The third-order valence-corrected chi connectivity index (χ3v) is 3.41. The van der Waals surface area contributed by atoms with Gasteiger partial charge in [-0.2, -0.15) is 0 Å². The van der Waals surface area contributed by atoms with Crippen molar-refractivity contribution >= 4 is 22.6 Å². The van der Waals surface area contributed by atoms with Crippen LogP contribution < -0.4 is 5.73 Å². The first-order valence-electron chi connectivity index (χ1n) is 7.10. The van der Waals surface area contributed by atoms with Crippen molar-refractivity contribution in [1.29, 1.82) is 0 Å². The first-order valence-corrected chi connectivity index (χ1v) is 7.10. The fourth-order valence-electron chi connectivity index (χ4n) is 2.36. The van der Waals surface area contributed by atoms with Gasteiger partial charge in [-0.1, -0.05) is 18.2 Å². The van der Waals surface area contributed by atoms with Crippen LogP contribution in [0.5, 0.6) is 0 Å². The van der Waals surface area contributed by atoms with E-state index in [9.17, 15) is 4.79 Å². The second-order valence-corrected chi connectivity index (χ2v) is 4.98. The zero-order valence-corrected chi connectivity index (χ0v) is 12.2. The molecule has 3 rings (SSSR count). The number of hydrogen-bond acceptors (Lipinski definition) is 4. The SMILES string of the molecule is CCOC(=O)c1cnc2ccc(-c3cccc(N)c3)cc2c1. The lowest BCUT2D eigenvalue weighted by molar-refractivity contribution is 0.0526. The fraction of sp³-hybridized carbons (Fsp3) is 0.111. The van der Waals surface area contributed by atoms with Gasteiger partial charge in [0.15, 0.2) is 0 Å². The van der Waals surface area contributed by atoms with Crippen molar-refractivity contribution in [2.75, 3.05) is 12.3 Å². The Morgan fingerprint density at radius 3 is 2.73 bits per heavy atom. The number of anilines is 1. The minimum atomic E-state index is -0.355. The minimum Gasteiger partial charge on any atom is -0.462 e. The number of nitrogen functional groups attached to an aromatic ring is 1. The number of fused-ring (bicyclic) bond motifs is 1. The molecule has 0 fully saturated rings. The van der Waals surface area contributed by atoms with Gasteiger partial charge in [0.2, 0.25) is 0 Å². The maximum absolute atomic E-state index is 11.8. The van der Waals surface area contributed by atoms with E-state index in [1.807, 2.05) is 42.5 Å². The molecule has 0 aliphatic heterocycles. The summed E-state index contributed by atoms with van der Waals surface area (Å²) in [7, 11) is 0. The third kappa shape index (κ3) is 2.76. The van der Waals surface area contributed by atoms with Gasteiger partial charge in [0, 0.05) is 17.3 Å². The molecular weight excluding hydrogens is 276 g/mol. The van der Waals surface area contributed by atoms with Crippen molar-refractivity contribution in [2.24, 2.45) is 0 Å². The summed E-state index contributed by atoms with van der Waals surface area (Å²) in [4.78, 5) is 16.1. The Labute approximate surface area is 128 Å². The Balaban J connectivity index is 2.06. The number of esters is 1. The van der Waals surface area contributed by atoms with E-state index in [0.29, 0.717) is 12.2 Å². The molecule has 1 aromatic heterocycles. The van der Waals surface area contributed by atoms with Crippen LogP contribution in [0.1, 0.15) is 17.3 Å². The predicted octanol–water partition coefficient (Wildman–Crippen LogP) is 3.66. The third-order valence-electron chi connectivity index (χ3n) is 3.41. The topological polar surface area (TPSA) is 65.2 Å². The van der Waals surface area contributed by atoms with E-state index in [1.165, 1.54) is 0 Å². The van der Waals surface area contributed by atoms with Crippen molar-refractivity contribution in [2.45, 2.75) is 6.92 Å². The van der Waals surface area contributed by atoms with Gasteiger partial charge >= 0.3 is 5.97 Å². The van der Waals surface area contributed by atoms with Crippen LogP contribution in [0.2, 0.25) is 0 Å². The standard InChI is InChI=1S/C18H16N2O2/c1-2-22-18(21)15-9-14-8-13(6-7-17(14)20-11-15)12-4-3-5-16(19)10-12/h3-11H,2,19H2,1H3. The highest BCUT2D eigenvalue weighted by molar-refractivity contribution is 5.94. The highest BCUT2D eigenvalue weighted by Crippen LogP contribution is 2.25. The minimum absolute atomic E-state index is 0.347. The van der Waals surface area contributed by atoms with Crippen LogP contribution in [-0.2, 0) is 4.74 Å². The van der Waals surface area contributed by atoms with Crippen molar-refractivity contribution in [1.82, 2.24) is 4.98 Å². The van der Waals surface area contributed by atoms with Crippen LogP contribution in [-0.4, -0.2) is 17.6 Å². The molecule has 0 saturated heterocycles. The number of aromatic nitrogens is 1. The number of pyridine rings is 1. The highest BCUT2D eigenvalue weighted by Gasteiger charge is 2.08. The summed E-state index contributed by atoms with van der Waals surface area (Å²) in [6.45, 7) is 2.13. The van der Waals surface area contributed by atoms with Crippen LogP contribution in [0.4, 0.5) is 5.69 Å². The Bertz CT molecular complexity index is 843. The Morgan fingerprint density at radius 2 is 1.95 bits per heavy atom. The molecule has 3 aromatic rings. The molecule has 1 heterocycles. The molecule has 110 valence electrons. The van der Waals surface area contributed by atoms with Crippen molar-refractivity contribution in [3.63, 3.8) is 0 Å². The Kier molecular flexibility index (Phi) is 3.74. The highest BCUT2D eigenvalue weighted by atomic mass is 16.5. The van der Waals surface area contributed by atoms with Gasteiger partial charge in [-0.05, 0) is 48.4 Å². The van der Waals surface area contributed by atoms with Crippen LogP contribution in [0.3, 0.4) is 0 Å². The summed E-state index contributed by atoms with van der Waals surface area (Å²) in [6.07, 6.45) is 1.54. The van der Waals surface area contributed by atoms with Crippen LogP contribution in [0, 0.1) is 0 Å². The van der Waals surface area contributed by atoms with E-state index in [2.05, 4.69) is 4.98 Å². The summed E-state index contributed by atoms with van der Waals surface area (Å²) in [6, 6.07) is 15.4. The lowest BCUT2D eigenvalue weighted by atomic mass is 10.0. The predicted molar refractivity (Wildman–Crippen MR) is 87.5 cm³/mol. The second kappa shape index (κ2) is 5.85. The number of rotatable bonds is 3. The van der Waals surface area contributed by atoms with Gasteiger partial charge in [0.05, 0.1) is 17.7 Å².